The van der Waals surface area contributed by atoms with Gasteiger partial charge in [-0.1, -0.05) is 31.5 Å². The smallest absolute Gasteiger partial charge is 0.190 e. The molecule has 0 saturated carbocycles. The fourth-order valence-corrected chi connectivity index (χ4v) is 6.37. The lowest BCUT2D eigenvalue weighted by atomic mass is 9.86. The molecule has 4 nitrogen and oxygen atoms in total. The highest BCUT2D eigenvalue weighted by atomic mass is 32.2. The first-order valence-electron chi connectivity index (χ1n) is 9.67. The molecule has 1 atom stereocenters. The lowest BCUT2D eigenvalue weighted by Gasteiger charge is -2.25. The molecule has 2 aromatic heterocycles. The lowest BCUT2D eigenvalue weighted by Crippen LogP contribution is -2.31. The predicted molar refractivity (Wildman–Crippen MR) is 109 cm³/mol. The highest BCUT2D eigenvalue weighted by molar-refractivity contribution is 7.99. The van der Waals surface area contributed by atoms with Gasteiger partial charge in [0.1, 0.15) is 10.6 Å². The van der Waals surface area contributed by atoms with Crippen molar-refractivity contribution in [2.24, 2.45) is 5.92 Å². The van der Waals surface area contributed by atoms with Crippen LogP contribution in [-0.2, 0) is 12.8 Å². The van der Waals surface area contributed by atoms with Crippen LogP contribution in [-0.4, -0.2) is 40.3 Å². The number of fused-ring (bicyclic) bond motifs is 3. The number of likely N-dealkylation sites (tertiary alicyclic amines) is 1. The Hall–Kier alpha value is -0.850. The predicted octanol–water partition coefficient (Wildman–Crippen LogP) is 4.37. The highest BCUT2D eigenvalue weighted by Gasteiger charge is 2.24. The Kier molecular flexibility index (Phi) is 5.48. The molecule has 1 saturated heterocycles. The molecule has 1 aliphatic carbocycles. The van der Waals surface area contributed by atoms with Crippen LogP contribution in [0.2, 0.25) is 0 Å². The van der Waals surface area contributed by atoms with E-state index in [1.165, 1.54) is 62.1 Å². The molecule has 0 aromatic carbocycles. The van der Waals surface area contributed by atoms with E-state index in [-0.39, 0.29) is 0 Å². The van der Waals surface area contributed by atoms with Gasteiger partial charge in [-0.05, 0) is 56.7 Å². The van der Waals surface area contributed by atoms with Gasteiger partial charge in [0.05, 0.1) is 5.39 Å². The maximum Gasteiger partial charge on any atom is 0.190 e. The molecule has 25 heavy (non-hydrogen) atoms. The second-order valence-corrected chi connectivity index (χ2v) is 9.49. The molecule has 2 aliphatic rings. The Morgan fingerprint density at radius 3 is 2.88 bits per heavy atom. The van der Waals surface area contributed by atoms with E-state index in [1.807, 2.05) is 11.3 Å². The summed E-state index contributed by atoms with van der Waals surface area (Å²) in [5, 5.41) is 2.00. The van der Waals surface area contributed by atoms with Crippen molar-refractivity contribution in [3.05, 3.63) is 10.4 Å². The third-order valence-electron chi connectivity index (χ3n) is 5.68. The monoisotopic (exact) mass is 376 g/mol. The number of anilines is 1. The van der Waals surface area contributed by atoms with E-state index in [4.69, 9.17) is 10.7 Å². The maximum absolute atomic E-state index is 6.34. The minimum Gasteiger partial charge on any atom is -0.383 e. The molecule has 1 unspecified atom stereocenters. The van der Waals surface area contributed by atoms with Gasteiger partial charge in [0.2, 0.25) is 0 Å². The lowest BCUT2D eigenvalue weighted by molar-refractivity contribution is 0.242. The van der Waals surface area contributed by atoms with Gasteiger partial charge < -0.3 is 10.6 Å². The molecular formula is C19H28N4S2. The summed E-state index contributed by atoms with van der Waals surface area (Å²) in [6.07, 6.45) is 8.97. The number of hydrogen-bond acceptors (Lipinski definition) is 6. The Labute approximate surface area is 158 Å². The SMILES string of the molecule is CCC1CCc2c(sc3nc(SCCN4CCCCC4)nc(N)c23)C1. The number of hydrogen-bond donors (Lipinski definition) is 1. The third-order valence-corrected chi connectivity index (χ3v) is 7.66. The standard InChI is InChI=1S/C19H28N4S2/c1-2-13-6-7-14-15(12-13)25-18-16(14)17(20)21-19(22-18)24-11-10-23-8-4-3-5-9-23/h13H,2-12H2,1H3,(H2,20,21,22). The zero-order valence-electron chi connectivity index (χ0n) is 15.1. The first kappa shape index (κ1) is 17.6. The quantitative estimate of drug-likeness (QED) is 0.620. The number of aryl methyl sites for hydroxylation is 1. The first-order valence-corrected chi connectivity index (χ1v) is 11.5. The van der Waals surface area contributed by atoms with Crippen molar-refractivity contribution in [3.8, 4) is 0 Å². The van der Waals surface area contributed by atoms with Gasteiger partial charge in [0, 0.05) is 17.2 Å². The first-order chi connectivity index (χ1) is 12.2. The molecule has 0 bridgehead atoms. The van der Waals surface area contributed by atoms with Crippen molar-refractivity contribution in [2.45, 2.75) is 57.0 Å². The molecule has 2 aromatic rings. The number of aromatic nitrogens is 2. The summed E-state index contributed by atoms with van der Waals surface area (Å²) in [7, 11) is 0. The molecule has 1 aliphatic heterocycles. The van der Waals surface area contributed by atoms with Gasteiger partial charge in [-0.25, -0.2) is 9.97 Å². The van der Waals surface area contributed by atoms with E-state index >= 15 is 0 Å². The van der Waals surface area contributed by atoms with Gasteiger partial charge >= 0.3 is 0 Å². The Morgan fingerprint density at radius 2 is 2.08 bits per heavy atom. The van der Waals surface area contributed by atoms with Crippen molar-refractivity contribution < 1.29 is 0 Å². The number of nitrogens with two attached hydrogens (primary N) is 1. The summed E-state index contributed by atoms with van der Waals surface area (Å²) >= 11 is 3.61. The zero-order chi connectivity index (χ0) is 17.2. The van der Waals surface area contributed by atoms with Crippen LogP contribution in [0.1, 0.15) is 49.5 Å². The Bertz CT molecular complexity index is 737. The molecule has 2 N–H and O–H groups in total. The van der Waals surface area contributed by atoms with Crippen LogP contribution in [0.4, 0.5) is 5.82 Å². The van der Waals surface area contributed by atoms with Crippen LogP contribution in [0.15, 0.2) is 5.16 Å². The fraction of sp³-hybridized carbons (Fsp3) is 0.684. The summed E-state index contributed by atoms with van der Waals surface area (Å²) < 4.78 is 0. The normalized spacial score (nSPS) is 21.6. The van der Waals surface area contributed by atoms with E-state index in [0.717, 1.165) is 40.0 Å². The summed E-state index contributed by atoms with van der Waals surface area (Å²) in [5.41, 5.74) is 7.78. The second kappa shape index (κ2) is 7.80. The van der Waals surface area contributed by atoms with Gasteiger partial charge in [-0.3, -0.25) is 0 Å². The maximum atomic E-state index is 6.34. The molecule has 0 radical (unpaired) electrons. The molecule has 136 valence electrons. The number of rotatable bonds is 5. The van der Waals surface area contributed by atoms with E-state index in [1.54, 1.807) is 11.8 Å². The molecule has 0 spiro atoms. The largest absolute Gasteiger partial charge is 0.383 e. The summed E-state index contributed by atoms with van der Waals surface area (Å²) in [6.45, 7) is 5.93. The Balaban J connectivity index is 1.47. The number of thiophene rings is 1. The van der Waals surface area contributed by atoms with Gasteiger partial charge in [-0.15, -0.1) is 11.3 Å². The van der Waals surface area contributed by atoms with E-state index < -0.39 is 0 Å². The van der Waals surface area contributed by atoms with Crippen LogP contribution in [0.3, 0.4) is 0 Å². The van der Waals surface area contributed by atoms with Crippen molar-refractivity contribution in [3.63, 3.8) is 0 Å². The molecule has 4 rings (SSSR count). The summed E-state index contributed by atoms with van der Waals surface area (Å²) in [4.78, 5) is 14.6. The van der Waals surface area contributed by atoms with Crippen LogP contribution in [0.25, 0.3) is 10.2 Å². The van der Waals surface area contributed by atoms with Gasteiger partial charge in [0.15, 0.2) is 5.16 Å². The summed E-state index contributed by atoms with van der Waals surface area (Å²) in [5.74, 6) is 2.57. The minimum atomic E-state index is 0.693. The number of nitrogen functional groups attached to an aromatic ring is 1. The molecular weight excluding hydrogens is 348 g/mol. The number of thioether (sulfide) groups is 1. The van der Waals surface area contributed by atoms with E-state index in [2.05, 4.69) is 16.8 Å². The third kappa shape index (κ3) is 3.81. The van der Waals surface area contributed by atoms with E-state index in [9.17, 15) is 0 Å². The van der Waals surface area contributed by atoms with Crippen molar-refractivity contribution in [2.75, 3.05) is 31.1 Å². The number of nitrogens with zero attached hydrogens (tertiary/aromatic N) is 3. The Morgan fingerprint density at radius 1 is 1.24 bits per heavy atom. The van der Waals surface area contributed by atoms with E-state index in [0.29, 0.717) is 5.82 Å². The highest BCUT2D eigenvalue weighted by Crippen LogP contribution is 2.40. The van der Waals surface area contributed by atoms with Crippen LogP contribution in [0, 0.1) is 5.92 Å². The van der Waals surface area contributed by atoms with Gasteiger partial charge in [0.25, 0.3) is 0 Å². The average molecular weight is 377 g/mol. The van der Waals surface area contributed by atoms with Crippen LogP contribution >= 0.6 is 23.1 Å². The second-order valence-electron chi connectivity index (χ2n) is 7.34. The van der Waals surface area contributed by atoms with Crippen LogP contribution in [0.5, 0.6) is 0 Å². The van der Waals surface area contributed by atoms with Crippen molar-refractivity contribution >= 4 is 39.1 Å². The summed E-state index contributed by atoms with van der Waals surface area (Å²) in [6, 6.07) is 0. The minimum absolute atomic E-state index is 0.693. The molecule has 3 heterocycles. The zero-order valence-corrected chi connectivity index (χ0v) is 16.7. The molecule has 0 amide bonds. The van der Waals surface area contributed by atoms with Crippen molar-refractivity contribution in [1.29, 1.82) is 0 Å². The topological polar surface area (TPSA) is 55.0 Å². The van der Waals surface area contributed by atoms with Crippen molar-refractivity contribution in [1.82, 2.24) is 14.9 Å². The van der Waals surface area contributed by atoms with Gasteiger partial charge in [-0.2, -0.15) is 0 Å². The average Bonchev–Trinajstić information content (AvgIpc) is 3.00. The van der Waals surface area contributed by atoms with Crippen LogP contribution < -0.4 is 5.73 Å². The molecule has 6 heteroatoms. The fourth-order valence-electron chi connectivity index (χ4n) is 4.12. The number of piperidine rings is 1. The molecule has 1 fully saturated rings.